The highest BCUT2D eigenvalue weighted by Gasteiger charge is 2.17. The third-order valence-corrected chi connectivity index (χ3v) is 3.89. The molecular weight excluding hydrogens is 363 g/mol. The average Bonchev–Trinajstić information content (AvgIpc) is 2.55. The number of halogens is 2. The van der Waals surface area contributed by atoms with Crippen LogP contribution in [0.3, 0.4) is 0 Å². The highest BCUT2D eigenvalue weighted by atomic mass is 35.5. The van der Waals surface area contributed by atoms with E-state index in [9.17, 15) is 9.59 Å². The summed E-state index contributed by atoms with van der Waals surface area (Å²) in [6.07, 6.45) is 0. The van der Waals surface area contributed by atoms with E-state index in [1.54, 1.807) is 24.3 Å². The number of amides is 2. The summed E-state index contributed by atoms with van der Waals surface area (Å²) in [4.78, 5) is 24.1. The van der Waals surface area contributed by atoms with Crippen LogP contribution in [-0.2, 0) is 4.79 Å². The van der Waals surface area contributed by atoms with Gasteiger partial charge in [-0.1, -0.05) is 37.0 Å². The largest absolute Gasteiger partial charge is 0.494 e. The van der Waals surface area contributed by atoms with E-state index in [4.69, 9.17) is 27.9 Å². The number of benzene rings is 2. The molecule has 0 aromatic heterocycles. The first-order valence-corrected chi connectivity index (χ1v) is 8.32. The number of methoxy groups -OCH3 is 1. The molecule has 0 saturated carbocycles. The van der Waals surface area contributed by atoms with Crippen LogP contribution in [0, 0.1) is 5.92 Å². The molecule has 132 valence electrons. The molecule has 0 bridgehead atoms. The summed E-state index contributed by atoms with van der Waals surface area (Å²) in [6, 6.07) is 9.78. The fourth-order valence-corrected chi connectivity index (χ4v) is 2.63. The molecule has 0 aliphatic carbocycles. The van der Waals surface area contributed by atoms with Crippen molar-refractivity contribution >= 4 is 46.4 Å². The van der Waals surface area contributed by atoms with Crippen LogP contribution < -0.4 is 15.4 Å². The van der Waals surface area contributed by atoms with Gasteiger partial charge in [0, 0.05) is 22.3 Å². The van der Waals surface area contributed by atoms with E-state index in [1.165, 1.54) is 19.2 Å². The van der Waals surface area contributed by atoms with Crippen molar-refractivity contribution in [2.24, 2.45) is 5.92 Å². The first-order valence-electron chi connectivity index (χ1n) is 7.57. The minimum absolute atomic E-state index is 0.0740. The molecule has 7 heteroatoms. The average molecular weight is 381 g/mol. The Morgan fingerprint density at radius 3 is 2.08 bits per heavy atom. The molecule has 0 spiro atoms. The molecule has 2 rings (SSSR count). The van der Waals surface area contributed by atoms with Gasteiger partial charge in [-0.25, -0.2) is 0 Å². The van der Waals surface area contributed by atoms with Gasteiger partial charge in [0.1, 0.15) is 5.75 Å². The Morgan fingerprint density at radius 2 is 1.56 bits per heavy atom. The number of rotatable bonds is 5. The zero-order chi connectivity index (χ0) is 18.6. The molecular formula is C18H18Cl2N2O3. The summed E-state index contributed by atoms with van der Waals surface area (Å²) in [6.45, 7) is 3.63. The number of ether oxygens (including phenoxy) is 1. The summed E-state index contributed by atoms with van der Waals surface area (Å²) in [5.74, 6) is -0.334. The third kappa shape index (κ3) is 4.87. The normalized spacial score (nSPS) is 10.5. The molecule has 25 heavy (non-hydrogen) atoms. The van der Waals surface area contributed by atoms with Gasteiger partial charge in [-0.05, 0) is 36.4 Å². The Morgan fingerprint density at radius 1 is 1.00 bits per heavy atom. The lowest BCUT2D eigenvalue weighted by Gasteiger charge is -2.12. The van der Waals surface area contributed by atoms with Gasteiger partial charge in [0.2, 0.25) is 5.91 Å². The number of hydrogen-bond acceptors (Lipinski definition) is 3. The Kier molecular flexibility index (Phi) is 6.28. The van der Waals surface area contributed by atoms with E-state index in [0.717, 1.165) is 0 Å². The summed E-state index contributed by atoms with van der Waals surface area (Å²) in [5, 5.41) is 6.11. The number of hydrogen-bond donors (Lipinski definition) is 2. The predicted octanol–water partition coefficient (Wildman–Crippen LogP) is 4.85. The van der Waals surface area contributed by atoms with Crippen molar-refractivity contribution in [1.82, 2.24) is 0 Å². The van der Waals surface area contributed by atoms with Gasteiger partial charge in [0.15, 0.2) is 0 Å². The molecule has 0 atom stereocenters. The molecule has 2 N–H and O–H groups in total. The maximum atomic E-state index is 12.5. The highest BCUT2D eigenvalue weighted by Crippen LogP contribution is 2.32. The van der Waals surface area contributed by atoms with E-state index in [0.29, 0.717) is 16.4 Å². The van der Waals surface area contributed by atoms with Crippen molar-refractivity contribution in [3.05, 3.63) is 52.0 Å². The Labute approximate surface area is 156 Å². The summed E-state index contributed by atoms with van der Waals surface area (Å²) >= 11 is 12.0. The highest BCUT2D eigenvalue weighted by molar-refractivity contribution is 6.36. The van der Waals surface area contributed by atoms with Crippen LogP contribution in [-0.4, -0.2) is 18.9 Å². The Bertz CT molecular complexity index is 790. The SMILES string of the molecule is COc1c(Cl)cc(Cl)cc1C(=O)Nc1ccc(NC(=O)C(C)C)cc1. The topological polar surface area (TPSA) is 67.4 Å². The summed E-state index contributed by atoms with van der Waals surface area (Å²) in [7, 11) is 1.43. The van der Waals surface area contributed by atoms with Crippen LogP contribution >= 0.6 is 23.2 Å². The van der Waals surface area contributed by atoms with Gasteiger partial charge in [0.25, 0.3) is 5.91 Å². The van der Waals surface area contributed by atoms with Crippen molar-refractivity contribution in [2.75, 3.05) is 17.7 Å². The van der Waals surface area contributed by atoms with Crippen LogP contribution in [0.1, 0.15) is 24.2 Å². The molecule has 0 radical (unpaired) electrons. The number of carbonyl (C=O) groups is 2. The van der Waals surface area contributed by atoms with E-state index in [1.807, 2.05) is 13.8 Å². The van der Waals surface area contributed by atoms with Crippen LogP contribution in [0.25, 0.3) is 0 Å². The first-order chi connectivity index (χ1) is 11.8. The fourth-order valence-electron chi connectivity index (χ4n) is 2.06. The lowest BCUT2D eigenvalue weighted by Crippen LogP contribution is -2.17. The van der Waals surface area contributed by atoms with Gasteiger partial charge in [-0.3, -0.25) is 9.59 Å². The molecule has 0 unspecified atom stereocenters. The molecule has 0 aliphatic heterocycles. The molecule has 2 aromatic rings. The van der Waals surface area contributed by atoms with E-state index < -0.39 is 5.91 Å². The van der Waals surface area contributed by atoms with Crippen molar-refractivity contribution in [1.29, 1.82) is 0 Å². The van der Waals surface area contributed by atoms with E-state index >= 15 is 0 Å². The second kappa shape index (κ2) is 8.23. The zero-order valence-corrected chi connectivity index (χ0v) is 15.5. The Hall–Kier alpha value is -2.24. The molecule has 0 saturated heterocycles. The van der Waals surface area contributed by atoms with Gasteiger partial charge in [0.05, 0.1) is 17.7 Å². The standard InChI is InChI=1S/C18H18Cl2N2O3/c1-10(2)17(23)21-12-4-6-13(7-5-12)22-18(24)14-8-11(19)9-15(20)16(14)25-3/h4-10H,1-3H3,(H,21,23)(H,22,24). The van der Waals surface area contributed by atoms with Gasteiger partial charge < -0.3 is 15.4 Å². The smallest absolute Gasteiger partial charge is 0.259 e. The first kappa shape index (κ1) is 19.1. The molecule has 0 fully saturated rings. The Balaban J connectivity index is 2.15. The lowest BCUT2D eigenvalue weighted by molar-refractivity contribution is -0.118. The summed E-state index contributed by atoms with van der Waals surface area (Å²) in [5.41, 5.74) is 1.45. The summed E-state index contributed by atoms with van der Waals surface area (Å²) < 4.78 is 5.18. The fraction of sp³-hybridized carbons (Fsp3) is 0.222. The third-order valence-electron chi connectivity index (χ3n) is 3.39. The lowest BCUT2D eigenvalue weighted by atomic mass is 10.1. The molecule has 0 aliphatic rings. The van der Waals surface area contributed by atoms with Gasteiger partial charge in [-0.15, -0.1) is 0 Å². The second-order valence-corrected chi connectivity index (χ2v) is 6.49. The van der Waals surface area contributed by atoms with Crippen molar-refractivity contribution in [3.8, 4) is 5.75 Å². The van der Waals surface area contributed by atoms with Crippen LogP contribution in [0.15, 0.2) is 36.4 Å². The number of anilines is 2. The minimum atomic E-state index is -0.403. The quantitative estimate of drug-likeness (QED) is 0.778. The molecule has 2 aromatic carbocycles. The number of nitrogens with one attached hydrogen (secondary N) is 2. The monoisotopic (exact) mass is 380 g/mol. The minimum Gasteiger partial charge on any atom is -0.494 e. The number of carbonyl (C=O) groups excluding carboxylic acids is 2. The van der Waals surface area contributed by atoms with Gasteiger partial charge in [-0.2, -0.15) is 0 Å². The van der Waals surface area contributed by atoms with Crippen molar-refractivity contribution in [3.63, 3.8) is 0 Å². The van der Waals surface area contributed by atoms with Gasteiger partial charge >= 0.3 is 0 Å². The van der Waals surface area contributed by atoms with Crippen molar-refractivity contribution < 1.29 is 14.3 Å². The van der Waals surface area contributed by atoms with E-state index in [-0.39, 0.29) is 28.2 Å². The zero-order valence-electron chi connectivity index (χ0n) is 14.0. The molecule has 2 amide bonds. The molecule has 5 nitrogen and oxygen atoms in total. The molecule has 0 heterocycles. The predicted molar refractivity (Wildman–Crippen MR) is 101 cm³/mol. The van der Waals surface area contributed by atoms with E-state index in [2.05, 4.69) is 10.6 Å². The van der Waals surface area contributed by atoms with Crippen molar-refractivity contribution in [2.45, 2.75) is 13.8 Å². The van der Waals surface area contributed by atoms with Crippen LogP contribution in [0.2, 0.25) is 10.0 Å². The van der Waals surface area contributed by atoms with Crippen LogP contribution in [0.4, 0.5) is 11.4 Å². The maximum Gasteiger partial charge on any atom is 0.259 e. The second-order valence-electron chi connectivity index (χ2n) is 5.64. The maximum absolute atomic E-state index is 12.5. The van der Waals surface area contributed by atoms with Crippen LogP contribution in [0.5, 0.6) is 5.75 Å².